The van der Waals surface area contributed by atoms with Crippen LogP contribution in [0.5, 0.6) is 0 Å². The smallest absolute Gasteiger partial charge is 0.167 e. The molecule has 58 valence electrons. The average Bonchev–Trinajstić information content (AvgIpc) is 1.85. The van der Waals surface area contributed by atoms with Gasteiger partial charge in [-0.2, -0.15) is 0 Å². The Labute approximate surface area is 56.6 Å². The third kappa shape index (κ3) is 2.70. The summed E-state index contributed by atoms with van der Waals surface area (Å²) >= 11 is 0. The Morgan fingerprint density at radius 3 is 2.80 bits per heavy atom. The van der Waals surface area contributed by atoms with E-state index in [1.54, 1.807) is 5.43 Å². The molecule has 0 radical (unpaired) electrons. The number of hydrogen-bond donors (Lipinski definition) is 3. The van der Waals surface area contributed by atoms with Gasteiger partial charge in [0.15, 0.2) is 10.9 Å². The summed E-state index contributed by atoms with van der Waals surface area (Å²) in [6.07, 6.45) is 0. The first kappa shape index (κ1) is 8.47. The van der Waals surface area contributed by atoms with Crippen molar-refractivity contribution in [3.05, 3.63) is 10.1 Å². The molecule has 0 saturated carbocycles. The predicted molar refractivity (Wildman–Crippen MR) is 33.0 cm³/mol. The van der Waals surface area contributed by atoms with Crippen LogP contribution in [0.3, 0.4) is 0 Å². The molecular weight excluding hydrogens is 140 g/mol. The zero-order chi connectivity index (χ0) is 8.15. The lowest BCUT2D eigenvalue weighted by atomic mass is 10.3. The summed E-state index contributed by atoms with van der Waals surface area (Å²) < 4.78 is 0. The number of nitrogens with zero attached hydrogens (tertiary/aromatic N) is 2. The first-order chi connectivity index (χ1) is 4.57. The molecule has 0 rings (SSSR count). The number of nitrogens with one attached hydrogen (secondary N) is 1. The van der Waals surface area contributed by atoms with Crippen molar-refractivity contribution in [2.75, 3.05) is 0 Å². The Morgan fingerprint density at radius 2 is 2.50 bits per heavy atom. The lowest BCUT2D eigenvalue weighted by molar-refractivity contribution is -0.547. The zero-order valence-corrected chi connectivity index (χ0v) is 5.31. The lowest BCUT2D eigenvalue weighted by Gasteiger charge is -2.03. The van der Waals surface area contributed by atoms with Gasteiger partial charge in [0.1, 0.15) is 6.04 Å². The highest BCUT2D eigenvalue weighted by molar-refractivity contribution is 5.84. The van der Waals surface area contributed by atoms with E-state index in [1.807, 2.05) is 0 Å². The van der Waals surface area contributed by atoms with Crippen LogP contribution < -0.4 is 11.2 Å². The van der Waals surface area contributed by atoms with E-state index in [0.29, 0.717) is 0 Å². The maximum absolute atomic E-state index is 9.73. The fourth-order valence-electron chi connectivity index (χ4n) is 0.311. The van der Waals surface area contributed by atoms with Gasteiger partial charge in [0.25, 0.3) is 0 Å². The minimum Gasteiger partial charge on any atom is -0.409 e. The molecule has 0 aromatic rings. The molecule has 7 heteroatoms. The maximum Gasteiger partial charge on any atom is 0.167 e. The summed E-state index contributed by atoms with van der Waals surface area (Å²) in [5.74, 6) is -0.225. The van der Waals surface area contributed by atoms with Crippen LogP contribution in [0.1, 0.15) is 6.92 Å². The molecule has 0 spiro atoms. The molecule has 0 saturated heterocycles. The number of rotatable bonds is 3. The van der Waals surface area contributed by atoms with Crippen LogP contribution in [0, 0.1) is 10.1 Å². The zero-order valence-electron chi connectivity index (χ0n) is 5.31. The summed E-state index contributed by atoms with van der Waals surface area (Å²) in [5, 5.41) is 19.6. The van der Waals surface area contributed by atoms with Crippen molar-refractivity contribution in [3.8, 4) is 0 Å². The van der Waals surface area contributed by atoms with E-state index < -0.39 is 11.1 Å². The van der Waals surface area contributed by atoms with Gasteiger partial charge in [0.05, 0.1) is 0 Å². The molecular formula is C3H8N4O3. The SMILES string of the molecule is CC(N[N+](=O)[O-])C(N)=NO. The first-order valence-electron chi connectivity index (χ1n) is 2.46. The van der Waals surface area contributed by atoms with Gasteiger partial charge < -0.3 is 10.9 Å². The largest absolute Gasteiger partial charge is 0.409 e. The van der Waals surface area contributed by atoms with Crippen LogP contribution >= 0.6 is 0 Å². The Kier molecular flexibility index (Phi) is 2.95. The molecule has 1 unspecified atom stereocenters. The Bertz CT molecular complexity index is 156. The Morgan fingerprint density at radius 1 is 2.00 bits per heavy atom. The minimum absolute atomic E-state index is 0.225. The molecule has 7 nitrogen and oxygen atoms in total. The van der Waals surface area contributed by atoms with Crippen LogP contribution in [0.4, 0.5) is 0 Å². The summed E-state index contributed by atoms with van der Waals surface area (Å²) in [7, 11) is 0. The van der Waals surface area contributed by atoms with Gasteiger partial charge in [-0.25, -0.2) is 10.1 Å². The third-order valence-electron chi connectivity index (χ3n) is 0.858. The van der Waals surface area contributed by atoms with E-state index >= 15 is 0 Å². The van der Waals surface area contributed by atoms with E-state index in [9.17, 15) is 10.1 Å². The molecule has 0 aliphatic rings. The van der Waals surface area contributed by atoms with Crippen molar-refractivity contribution in [1.29, 1.82) is 0 Å². The van der Waals surface area contributed by atoms with Crippen LogP contribution in [-0.4, -0.2) is 22.1 Å². The van der Waals surface area contributed by atoms with Crippen molar-refractivity contribution in [2.45, 2.75) is 13.0 Å². The number of hydrazine groups is 1. The second-order valence-electron chi connectivity index (χ2n) is 1.63. The molecule has 0 aromatic carbocycles. The topological polar surface area (TPSA) is 114 Å². The molecule has 0 aromatic heterocycles. The van der Waals surface area contributed by atoms with Gasteiger partial charge in [-0.1, -0.05) is 5.16 Å². The van der Waals surface area contributed by atoms with Crippen molar-refractivity contribution in [1.82, 2.24) is 5.43 Å². The van der Waals surface area contributed by atoms with Gasteiger partial charge in [-0.05, 0) is 6.92 Å². The molecule has 0 fully saturated rings. The van der Waals surface area contributed by atoms with Crippen LogP contribution in [0.2, 0.25) is 0 Å². The molecule has 1 atom stereocenters. The number of nitro groups is 1. The van der Waals surface area contributed by atoms with Crippen LogP contribution in [0.15, 0.2) is 5.16 Å². The monoisotopic (exact) mass is 148 g/mol. The summed E-state index contributed by atoms with van der Waals surface area (Å²) in [5.41, 5.74) is 6.80. The van der Waals surface area contributed by atoms with E-state index in [2.05, 4.69) is 5.16 Å². The number of oxime groups is 1. The van der Waals surface area contributed by atoms with Crippen molar-refractivity contribution < 1.29 is 10.2 Å². The molecule has 0 amide bonds. The molecule has 0 aliphatic carbocycles. The van der Waals surface area contributed by atoms with E-state index in [4.69, 9.17) is 10.9 Å². The van der Waals surface area contributed by atoms with E-state index in [1.165, 1.54) is 6.92 Å². The Hall–Kier alpha value is -1.53. The highest BCUT2D eigenvalue weighted by Crippen LogP contribution is 1.79. The van der Waals surface area contributed by atoms with Crippen molar-refractivity contribution >= 4 is 5.84 Å². The molecule has 10 heavy (non-hydrogen) atoms. The molecule has 0 aliphatic heterocycles. The second-order valence-corrected chi connectivity index (χ2v) is 1.63. The molecule has 0 bridgehead atoms. The lowest BCUT2D eigenvalue weighted by Crippen LogP contribution is -2.41. The number of hydrogen-bond acceptors (Lipinski definition) is 4. The quantitative estimate of drug-likeness (QED) is 0.154. The second kappa shape index (κ2) is 3.49. The average molecular weight is 148 g/mol. The molecule has 0 heterocycles. The highest BCUT2D eigenvalue weighted by Gasteiger charge is 2.10. The number of amidine groups is 1. The minimum atomic E-state index is -0.764. The van der Waals surface area contributed by atoms with E-state index in [-0.39, 0.29) is 5.84 Å². The first-order valence-corrected chi connectivity index (χ1v) is 2.46. The fraction of sp³-hybridized carbons (Fsp3) is 0.667. The van der Waals surface area contributed by atoms with Gasteiger partial charge in [-0.3, -0.25) is 0 Å². The van der Waals surface area contributed by atoms with Gasteiger partial charge >= 0.3 is 0 Å². The summed E-state index contributed by atoms with van der Waals surface area (Å²) in [4.78, 5) is 9.73. The van der Waals surface area contributed by atoms with Gasteiger partial charge in [0, 0.05) is 0 Å². The summed E-state index contributed by atoms with van der Waals surface area (Å²) in [6, 6.07) is -0.764. The standard InChI is InChI=1S/C3H8N4O3/c1-2(3(4)6-8)5-7(9)10/h2,5,8H,1H3,(H2,4,6). The highest BCUT2D eigenvalue weighted by atomic mass is 16.7. The van der Waals surface area contributed by atoms with Crippen molar-refractivity contribution in [2.24, 2.45) is 10.9 Å². The Balaban J connectivity index is 3.85. The summed E-state index contributed by atoms with van der Waals surface area (Å²) in [6.45, 7) is 1.40. The predicted octanol–water partition coefficient (Wildman–Crippen LogP) is -1.10. The fourth-order valence-corrected chi connectivity index (χ4v) is 0.311. The van der Waals surface area contributed by atoms with Gasteiger partial charge in [0.2, 0.25) is 0 Å². The van der Waals surface area contributed by atoms with Crippen molar-refractivity contribution in [3.63, 3.8) is 0 Å². The van der Waals surface area contributed by atoms with Crippen LogP contribution in [-0.2, 0) is 0 Å². The third-order valence-corrected chi connectivity index (χ3v) is 0.858. The van der Waals surface area contributed by atoms with E-state index in [0.717, 1.165) is 0 Å². The normalized spacial score (nSPS) is 14.3. The van der Waals surface area contributed by atoms with Crippen LogP contribution in [0.25, 0.3) is 0 Å². The maximum atomic E-state index is 9.73. The number of nitrogens with two attached hydrogens (primary N) is 1. The molecule has 4 N–H and O–H groups in total. The van der Waals surface area contributed by atoms with Gasteiger partial charge in [-0.15, -0.1) is 5.43 Å².